The van der Waals surface area contributed by atoms with Crippen LogP contribution in [0.4, 0.5) is 0 Å². The molecular formula is C13H19ClN2O. The third kappa shape index (κ3) is 3.19. The van der Waals surface area contributed by atoms with Crippen LogP contribution in [0.25, 0.3) is 0 Å². The van der Waals surface area contributed by atoms with Crippen molar-refractivity contribution in [3.63, 3.8) is 0 Å². The predicted octanol–water partition coefficient (Wildman–Crippen LogP) is 1.67. The third-order valence-electron chi connectivity index (χ3n) is 3.25. The molecule has 2 N–H and O–H groups in total. The van der Waals surface area contributed by atoms with Crippen LogP contribution in [0.1, 0.15) is 18.0 Å². The summed E-state index contributed by atoms with van der Waals surface area (Å²) in [7, 11) is 0. The minimum Gasteiger partial charge on any atom is -0.394 e. The van der Waals surface area contributed by atoms with Crippen molar-refractivity contribution in [1.82, 2.24) is 10.2 Å². The lowest BCUT2D eigenvalue weighted by Crippen LogP contribution is -2.34. The van der Waals surface area contributed by atoms with Gasteiger partial charge in [0.1, 0.15) is 0 Å². The van der Waals surface area contributed by atoms with Gasteiger partial charge in [-0.3, -0.25) is 4.90 Å². The number of nitrogens with one attached hydrogen (secondary N) is 1. The van der Waals surface area contributed by atoms with Crippen LogP contribution in [-0.4, -0.2) is 42.8 Å². The number of rotatable bonds is 3. The molecular weight excluding hydrogens is 236 g/mol. The first kappa shape index (κ1) is 12.8. The number of benzene rings is 1. The molecule has 0 amide bonds. The number of halogens is 1. The van der Waals surface area contributed by atoms with Crippen molar-refractivity contribution >= 4 is 11.6 Å². The molecule has 1 aliphatic rings. The molecule has 1 heterocycles. The van der Waals surface area contributed by atoms with Crippen LogP contribution in [0, 0.1) is 0 Å². The van der Waals surface area contributed by atoms with Crippen molar-refractivity contribution in [3.05, 3.63) is 34.9 Å². The van der Waals surface area contributed by atoms with E-state index in [2.05, 4.69) is 10.2 Å². The molecule has 0 saturated carbocycles. The molecule has 1 aliphatic heterocycles. The summed E-state index contributed by atoms with van der Waals surface area (Å²) in [5.41, 5.74) is 1.03. The zero-order valence-corrected chi connectivity index (χ0v) is 10.7. The van der Waals surface area contributed by atoms with Crippen molar-refractivity contribution < 1.29 is 5.11 Å². The van der Waals surface area contributed by atoms with Crippen molar-refractivity contribution in [2.75, 3.05) is 32.8 Å². The molecule has 1 fully saturated rings. The van der Waals surface area contributed by atoms with Gasteiger partial charge in [0, 0.05) is 24.7 Å². The molecule has 0 aliphatic carbocycles. The highest BCUT2D eigenvalue weighted by molar-refractivity contribution is 6.31. The fraction of sp³-hybridized carbons (Fsp3) is 0.538. The van der Waals surface area contributed by atoms with Gasteiger partial charge >= 0.3 is 0 Å². The second-order valence-electron chi connectivity index (χ2n) is 4.36. The molecule has 1 saturated heterocycles. The summed E-state index contributed by atoms with van der Waals surface area (Å²) in [6, 6.07) is 7.80. The Kier molecular flexibility index (Phi) is 4.80. The lowest BCUT2D eigenvalue weighted by atomic mass is 10.1. The van der Waals surface area contributed by atoms with E-state index in [9.17, 15) is 5.11 Å². The third-order valence-corrected chi connectivity index (χ3v) is 3.60. The zero-order valence-electron chi connectivity index (χ0n) is 9.90. The number of aliphatic hydroxyl groups excluding tert-OH is 1. The van der Waals surface area contributed by atoms with Gasteiger partial charge in [-0.15, -0.1) is 0 Å². The van der Waals surface area contributed by atoms with E-state index in [1.165, 1.54) is 0 Å². The molecule has 0 aromatic heterocycles. The van der Waals surface area contributed by atoms with Crippen LogP contribution in [-0.2, 0) is 0 Å². The van der Waals surface area contributed by atoms with E-state index in [0.29, 0.717) is 0 Å². The summed E-state index contributed by atoms with van der Waals surface area (Å²) in [5.74, 6) is 0. The van der Waals surface area contributed by atoms with Crippen molar-refractivity contribution in [1.29, 1.82) is 0 Å². The van der Waals surface area contributed by atoms with E-state index >= 15 is 0 Å². The highest BCUT2D eigenvalue weighted by Gasteiger charge is 2.22. The molecule has 1 aromatic carbocycles. The average molecular weight is 255 g/mol. The second kappa shape index (κ2) is 6.36. The van der Waals surface area contributed by atoms with Gasteiger partial charge in [0.05, 0.1) is 12.6 Å². The molecule has 0 radical (unpaired) electrons. The summed E-state index contributed by atoms with van der Waals surface area (Å²) in [6.45, 7) is 4.10. The average Bonchev–Trinajstić information content (AvgIpc) is 2.62. The highest BCUT2D eigenvalue weighted by atomic mass is 35.5. The molecule has 4 heteroatoms. The summed E-state index contributed by atoms with van der Waals surface area (Å²) in [4.78, 5) is 2.31. The Balaban J connectivity index is 2.17. The van der Waals surface area contributed by atoms with Crippen LogP contribution in [0.15, 0.2) is 24.3 Å². The summed E-state index contributed by atoms with van der Waals surface area (Å²) >= 11 is 6.20. The number of nitrogens with zero attached hydrogens (tertiary/aromatic N) is 1. The fourth-order valence-corrected chi connectivity index (χ4v) is 2.60. The Labute approximate surface area is 107 Å². The Hall–Kier alpha value is -0.610. The van der Waals surface area contributed by atoms with Gasteiger partial charge in [0.2, 0.25) is 0 Å². The van der Waals surface area contributed by atoms with Crippen LogP contribution in [0.2, 0.25) is 5.02 Å². The zero-order chi connectivity index (χ0) is 12.1. The molecule has 94 valence electrons. The first-order valence-electron chi connectivity index (χ1n) is 6.13. The Morgan fingerprint density at radius 1 is 1.29 bits per heavy atom. The van der Waals surface area contributed by atoms with Gasteiger partial charge in [-0.25, -0.2) is 0 Å². The summed E-state index contributed by atoms with van der Waals surface area (Å²) in [5, 5.41) is 13.7. The monoisotopic (exact) mass is 254 g/mol. The van der Waals surface area contributed by atoms with Crippen molar-refractivity contribution in [2.45, 2.75) is 12.5 Å². The van der Waals surface area contributed by atoms with E-state index in [0.717, 1.165) is 43.2 Å². The number of hydrogen-bond acceptors (Lipinski definition) is 3. The molecule has 3 nitrogen and oxygen atoms in total. The Bertz CT molecular complexity index is 351. The second-order valence-corrected chi connectivity index (χ2v) is 4.77. The predicted molar refractivity (Wildman–Crippen MR) is 70.3 cm³/mol. The van der Waals surface area contributed by atoms with E-state index < -0.39 is 0 Å². The molecule has 1 aromatic rings. The molecule has 1 unspecified atom stereocenters. The molecule has 17 heavy (non-hydrogen) atoms. The maximum Gasteiger partial charge on any atom is 0.0629 e. The standard InChI is InChI=1S/C13H19ClN2O/c14-12-5-2-1-4-11(12)13(10-17)16-8-3-6-15-7-9-16/h1-2,4-5,13,15,17H,3,6-10H2. The molecule has 2 rings (SSSR count). The van der Waals surface area contributed by atoms with E-state index in [4.69, 9.17) is 11.6 Å². The largest absolute Gasteiger partial charge is 0.394 e. The van der Waals surface area contributed by atoms with Crippen LogP contribution >= 0.6 is 11.6 Å². The number of hydrogen-bond donors (Lipinski definition) is 2. The van der Waals surface area contributed by atoms with Gasteiger partial charge in [0.15, 0.2) is 0 Å². The normalized spacial score (nSPS) is 19.9. The van der Waals surface area contributed by atoms with Crippen LogP contribution in [0.5, 0.6) is 0 Å². The Morgan fingerprint density at radius 3 is 2.88 bits per heavy atom. The molecule has 0 bridgehead atoms. The van der Waals surface area contributed by atoms with Crippen LogP contribution in [0.3, 0.4) is 0 Å². The topological polar surface area (TPSA) is 35.5 Å². The van der Waals surface area contributed by atoms with Crippen molar-refractivity contribution in [3.8, 4) is 0 Å². The summed E-state index contributed by atoms with van der Waals surface area (Å²) < 4.78 is 0. The van der Waals surface area contributed by atoms with Crippen molar-refractivity contribution in [2.24, 2.45) is 0 Å². The SMILES string of the molecule is OCC(c1ccccc1Cl)N1CCCNCC1. The van der Waals surface area contributed by atoms with Gasteiger partial charge in [-0.1, -0.05) is 29.8 Å². The maximum absolute atomic E-state index is 9.63. The minimum absolute atomic E-state index is 0.0172. The maximum atomic E-state index is 9.63. The number of aliphatic hydroxyl groups is 1. The first-order valence-corrected chi connectivity index (χ1v) is 6.51. The highest BCUT2D eigenvalue weighted by Crippen LogP contribution is 2.27. The van der Waals surface area contributed by atoms with Gasteiger partial charge < -0.3 is 10.4 Å². The fourth-order valence-electron chi connectivity index (χ4n) is 2.33. The lowest BCUT2D eigenvalue weighted by molar-refractivity contribution is 0.130. The quantitative estimate of drug-likeness (QED) is 0.862. The first-order chi connectivity index (χ1) is 8.33. The van der Waals surface area contributed by atoms with Gasteiger partial charge in [0.25, 0.3) is 0 Å². The van der Waals surface area contributed by atoms with E-state index in [-0.39, 0.29) is 12.6 Å². The molecule has 0 spiro atoms. The van der Waals surface area contributed by atoms with E-state index in [1.807, 2.05) is 24.3 Å². The summed E-state index contributed by atoms with van der Waals surface area (Å²) in [6.07, 6.45) is 1.11. The van der Waals surface area contributed by atoms with E-state index in [1.54, 1.807) is 0 Å². The van der Waals surface area contributed by atoms with Gasteiger partial charge in [-0.2, -0.15) is 0 Å². The smallest absolute Gasteiger partial charge is 0.0629 e. The molecule has 1 atom stereocenters. The van der Waals surface area contributed by atoms with Crippen LogP contribution < -0.4 is 5.32 Å². The lowest BCUT2D eigenvalue weighted by Gasteiger charge is -2.29. The minimum atomic E-state index is 0.0172. The Morgan fingerprint density at radius 2 is 2.12 bits per heavy atom. The van der Waals surface area contributed by atoms with Gasteiger partial charge in [-0.05, 0) is 24.6 Å².